The average molecular weight is 182 g/mol. The minimum absolute atomic E-state index is 0.246. The van der Waals surface area contributed by atoms with E-state index in [2.05, 4.69) is 15.2 Å². The zero-order valence-corrected chi connectivity index (χ0v) is 6.67. The van der Waals surface area contributed by atoms with Crippen molar-refractivity contribution in [3.63, 3.8) is 0 Å². The quantitative estimate of drug-likeness (QED) is 0.677. The van der Waals surface area contributed by atoms with Crippen molar-refractivity contribution in [3.8, 4) is 0 Å². The van der Waals surface area contributed by atoms with E-state index in [4.69, 9.17) is 11.6 Å². The molecule has 0 spiro atoms. The van der Waals surface area contributed by atoms with E-state index >= 15 is 0 Å². The Bertz CT molecular complexity index is 437. The summed E-state index contributed by atoms with van der Waals surface area (Å²) in [6.45, 7) is 0. The van der Waals surface area contributed by atoms with Crippen LogP contribution in [0.4, 0.5) is 0 Å². The first kappa shape index (κ1) is 7.24. The summed E-state index contributed by atoms with van der Waals surface area (Å²) in [7, 11) is 0. The van der Waals surface area contributed by atoms with E-state index in [1.807, 2.05) is 0 Å². The van der Waals surface area contributed by atoms with Crippen LogP contribution in [0.1, 0.15) is 10.4 Å². The number of fused-ring (bicyclic) bond motifs is 1. The summed E-state index contributed by atoms with van der Waals surface area (Å²) in [5.74, 6) is 0. The molecule has 0 aromatic carbocycles. The molecular formula is C7H4ClN3O. The van der Waals surface area contributed by atoms with E-state index in [9.17, 15) is 4.79 Å². The summed E-state index contributed by atoms with van der Waals surface area (Å²) in [5, 5.41) is 8.13. The van der Waals surface area contributed by atoms with Crippen LogP contribution in [0.15, 0.2) is 12.4 Å². The summed E-state index contributed by atoms with van der Waals surface area (Å²) in [6.07, 6.45) is 3.83. The van der Waals surface area contributed by atoms with Gasteiger partial charge in [0.25, 0.3) is 0 Å². The van der Waals surface area contributed by atoms with Crippen molar-refractivity contribution < 1.29 is 4.79 Å². The van der Waals surface area contributed by atoms with Crippen molar-refractivity contribution in [2.45, 2.75) is 0 Å². The number of aldehydes is 1. The summed E-state index contributed by atoms with van der Waals surface area (Å²) >= 11 is 5.73. The smallest absolute Gasteiger partial charge is 0.161 e. The van der Waals surface area contributed by atoms with Crippen molar-refractivity contribution in [3.05, 3.63) is 23.1 Å². The molecule has 0 amide bonds. The molecule has 0 aliphatic heterocycles. The predicted octanol–water partition coefficient (Wildman–Crippen LogP) is 1.42. The molecule has 0 aliphatic rings. The van der Waals surface area contributed by atoms with Gasteiger partial charge in [0, 0.05) is 11.8 Å². The third-order valence-electron chi connectivity index (χ3n) is 1.61. The Kier molecular flexibility index (Phi) is 1.55. The summed E-state index contributed by atoms with van der Waals surface area (Å²) in [5.41, 5.74) is 1.22. The van der Waals surface area contributed by atoms with Gasteiger partial charge < -0.3 is 4.98 Å². The molecule has 0 saturated carbocycles. The standard InChI is InChI=1S/C7H4ClN3O/c8-7-6-4(3-12)1-9-5(6)2-10-11-7/h1-3,9H. The number of halogens is 1. The highest BCUT2D eigenvalue weighted by Crippen LogP contribution is 2.21. The fraction of sp³-hybridized carbons (Fsp3) is 0. The molecule has 5 heteroatoms. The van der Waals surface area contributed by atoms with Gasteiger partial charge in [-0.1, -0.05) is 11.6 Å². The lowest BCUT2D eigenvalue weighted by Gasteiger charge is -1.90. The van der Waals surface area contributed by atoms with Crippen molar-refractivity contribution in [2.24, 2.45) is 0 Å². The third-order valence-corrected chi connectivity index (χ3v) is 1.87. The van der Waals surface area contributed by atoms with Crippen LogP contribution >= 0.6 is 11.6 Å². The van der Waals surface area contributed by atoms with Crippen LogP contribution in [-0.4, -0.2) is 21.5 Å². The minimum atomic E-state index is 0.246. The number of aromatic nitrogens is 3. The molecule has 0 unspecified atom stereocenters. The number of carbonyl (C=O) groups is 1. The van der Waals surface area contributed by atoms with Crippen LogP contribution in [0.25, 0.3) is 10.9 Å². The Balaban J connectivity index is 2.91. The van der Waals surface area contributed by atoms with Gasteiger partial charge in [0.1, 0.15) is 0 Å². The number of nitrogens with one attached hydrogen (secondary N) is 1. The second-order valence-corrected chi connectivity index (χ2v) is 2.64. The number of rotatable bonds is 1. The van der Waals surface area contributed by atoms with Gasteiger partial charge in [-0.15, -0.1) is 5.10 Å². The van der Waals surface area contributed by atoms with Crippen LogP contribution in [0.5, 0.6) is 0 Å². The molecule has 0 fully saturated rings. The van der Waals surface area contributed by atoms with Gasteiger partial charge in [0.2, 0.25) is 0 Å². The van der Waals surface area contributed by atoms with E-state index in [1.54, 1.807) is 6.20 Å². The zero-order valence-electron chi connectivity index (χ0n) is 5.91. The topological polar surface area (TPSA) is 58.6 Å². The SMILES string of the molecule is O=Cc1c[nH]c2cnnc(Cl)c12. The largest absolute Gasteiger partial charge is 0.359 e. The van der Waals surface area contributed by atoms with E-state index in [-0.39, 0.29) is 5.15 Å². The molecule has 0 aliphatic carbocycles. The zero-order chi connectivity index (χ0) is 8.55. The molecule has 2 heterocycles. The van der Waals surface area contributed by atoms with Crippen LogP contribution < -0.4 is 0 Å². The highest BCUT2D eigenvalue weighted by Gasteiger charge is 2.07. The summed E-state index contributed by atoms with van der Waals surface area (Å²) in [4.78, 5) is 13.4. The number of carbonyl (C=O) groups excluding carboxylic acids is 1. The second kappa shape index (κ2) is 2.57. The first-order valence-corrected chi connectivity index (χ1v) is 3.64. The number of nitrogens with zero attached hydrogens (tertiary/aromatic N) is 2. The summed E-state index contributed by atoms with van der Waals surface area (Å²) < 4.78 is 0. The lowest BCUT2D eigenvalue weighted by Crippen LogP contribution is -1.83. The molecule has 2 aromatic rings. The molecule has 60 valence electrons. The second-order valence-electron chi connectivity index (χ2n) is 2.29. The van der Waals surface area contributed by atoms with Gasteiger partial charge in [-0.05, 0) is 0 Å². The molecule has 0 atom stereocenters. The van der Waals surface area contributed by atoms with Gasteiger partial charge in [-0.25, -0.2) is 0 Å². The fourth-order valence-corrected chi connectivity index (χ4v) is 1.32. The van der Waals surface area contributed by atoms with Crippen LogP contribution in [0.3, 0.4) is 0 Å². The van der Waals surface area contributed by atoms with E-state index in [0.29, 0.717) is 10.9 Å². The van der Waals surface area contributed by atoms with Crippen LogP contribution in [0.2, 0.25) is 5.15 Å². The number of H-pyrrole nitrogens is 1. The molecular weight excluding hydrogens is 178 g/mol. The van der Waals surface area contributed by atoms with Crippen molar-refractivity contribution in [1.82, 2.24) is 15.2 Å². The molecule has 1 N–H and O–H groups in total. The van der Waals surface area contributed by atoms with E-state index in [0.717, 1.165) is 11.8 Å². The fourth-order valence-electron chi connectivity index (χ4n) is 1.07. The maximum Gasteiger partial charge on any atom is 0.161 e. The Morgan fingerprint density at radius 1 is 1.58 bits per heavy atom. The van der Waals surface area contributed by atoms with Gasteiger partial charge in [-0.3, -0.25) is 4.79 Å². The highest BCUT2D eigenvalue weighted by atomic mass is 35.5. The Morgan fingerprint density at radius 2 is 2.42 bits per heavy atom. The maximum atomic E-state index is 10.5. The van der Waals surface area contributed by atoms with Gasteiger partial charge in [-0.2, -0.15) is 5.10 Å². The average Bonchev–Trinajstić information content (AvgIpc) is 2.49. The Morgan fingerprint density at radius 3 is 3.17 bits per heavy atom. The van der Waals surface area contributed by atoms with Crippen LogP contribution in [0, 0.1) is 0 Å². The first-order chi connectivity index (χ1) is 5.83. The molecule has 0 radical (unpaired) electrons. The Labute approximate surface area is 72.6 Å². The molecule has 12 heavy (non-hydrogen) atoms. The van der Waals surface area contributed by atoms with Crippen molar-refractivity contribution >= 4 is 28.8 Å². The molecule has 2 rings (SSSR count). The number of hydrogen-bond acceptors (Lipinski definition) is 3. The Hall–Kier alpha value is -1.42. The van der Waals surface area contributed by atoms with Crippen molar-refractivity contribution in [2.75, 3.05) is 0 Å². The van der Waals surface area contributed by atoms with E-state index < -0.39 is 0 Å². The van der Waals surface area contributed by atoms with Crippen molar-refractivity contribution in [1.29, 1.82) is 0 Å². The van der Waals surface area contributed by atoms with Gasteiger partial charge >= 0.3 is 0 Å². The molecule has 4 nitrogen and oxygen atoms in total. The minimum Gasteiger partial charge on any atom is -0.359 e. The van der Waals surface area contributed by atoms with Gasteiger partial charge in [0.15, 0.2) is 11.4 Å². The van der Waals surface area contributed by atoms with E-state index in [1.165, 1.54) is 6.20 Å². The first-order valence-electron chi connectivity index (χ1n) is 3.26. The monoisotopic (exact) mass is 181 g/mol. The maximum absolute atomic E-state index is 10.5. The van der Waals surface area contributed by atoms with Crippen LogP contribution in [-0.2, 0) is 0 Å². The normalized spacial score (nSPS) is 10.4. The van der Waals surface area contributed by atoms with Gasteiger partial charge in [0.05, 0.1) is 17.1 Å². The molecule has 0 bridgehead atoms. The molecule has 2 aromatic heterocycles. The number of hydrogen-bond donors (Lipinski definition) is 1. The lowest BCUT2D eigenvalue weighted by molar-refractivity contribution is 0.112. The molecule has 0 saturated heterocycles. The predicted molar refractivity (Wildman–Crippen MR) is 44.3 cm³/mol. The number of aromatic amines is 1. The third kappa shape index (κ3) is 0.887. The lowest BCUT2D eigenvalue weighted by atomic mass is 10.2. The highest BCUT2D eigenvalue weighted by molar-refractivity contribution is 6.35. The summed E-state index contributed by atoms with van der Waals surface area (Å²) in [6, 6.07) is 0.